The quantitative estimate of drug-likeness (QED) is 0.266. The Labute approximate surface area is 235 Å². The summed E-state index contributed by atoms with van der Waals surface area (Å²) in [5, 5.41) is 12.5. The molecule has 0 unspecified atom stereocenters. The van der Waals surface area contributed by atoms with E-state index < -0.39 is 37.0 Å². The fraction of sp³-hybridized carbons (Fsp3) is 0.167. The van der Waals surface area contributed by atoms with Crippen molar-refractivity contribution in [3.63, 3.8) is 0 Å². The van der Waals surface area contributed by atoms with Crippen molar-refractivity contribution in [2.45, 2.75) is 29.2 Å². The lowest BCUT2D eigenvalue weighted by atomic mass is 10.2. The Balaban J connectivity index is 1.48. The van der Waals surface area contributed by atoms with Crippen LogP contribution in [0.5, 0.6) is 0 Å². The molecule has 11 nitrogen and oxygen atoms in total. The van der Waals surface area contributed by atoms with E-state index in [0.29, 0.717) is 6.42 Å². The minimum absolute atomic E-state index is 0.0166. The van der Waals surface area contributed by atoms with Crippen LogP contribution in [0.3, 0.4) is 0 Å². The summed E-state index contributed by atoms with van der Waals surface area (Å²) in [6.45, 7) is 1.74. The van der Waals surface area contributed by atoms with Gasteiger partial charge in [-0.25, -0.2) is 13.1 Å². The van der Waals surface area contributed by atoms with Gasteiger partial charge in [-0.1, -0.05) is 59.6 Å². The molecule has 39 heavy (non-hydrogen) atoms. The zero-order valence-electron chi connectivity index (χ0n) is 20.2. The fourth-order valence-electron chi connectivity index (χ4n) is 3.63. The van der Waals surface area contributed by atoms with Crippen molar-refractivity contribution in [1.29, 1.82) is 0 Å². The van der Waals surface area contributed by atoms with Gasteiger partial charge < -0.3 is 0 Å². The molecule has 0 spiro atoms. The van der Waals surface area contributed by atoms with E-state index in [4.69, 9.17) is 23.2 Å². The number of amides is 1. The van der Waals surface area contributed by atoms with Crippen LogP contribution in [-0.2, 0) is 31.4 Å². The lowest BCUT2D eigenvalue weighted by Gasteiger charge is -2.15. The maximum absolute atomic E-state index is 13.0. The summed E-state index contributed by atoms with van der Waals surface area (Å²) in [5.41, 5.74) is 1.42. The third-order valence-electron chi connectivity index (χ3n) is 5.57. The molecular weight excluding hydrogens is 589 g/mol. The van der Waals surface area contributed by atoms with E-state index in [9.17, 15) is 26.2 Å². The van der Waals surface area contributed by atoms with Crippen LogP contribution in [0.1, 0.15) is 12.5 Å². The Kier molecular flexibility index (Phi) is 8.49. The van der Waals surface area contributed by atoms with Gasteiger partial charge in [-0.15, -0.1) is 0 Å². The third-order valence-corrected chi connectivity index (χ3v) is 8.65. The van der Waals surface area contributed by atoms with Crippen molar-refractivity contribution in [3.8, 4) is 0 Å². The fourth-order valence-corrected chi connectivity index (χ4v) is 6.04. The number of carbonyl (C=O) groups excluding carboxylic acids is 1. The highest BCUT2D eigenvalue weighted by Crippen LogP contribution is 2.36. The number of hydrogen-bond acceptors (Lipinski definition) is 8. The van der Waals surface area contributed by atoms with Gasteiger partial charge in [-0.2, -0.15) is 28.8 Å². The molecule has 0 bridgehead atoms. The first kappa shape index (κ1) is 28.8. The van der Waals surface area contributed by atoms with Crippen molar-refractivity contribution >= 4 is 66.3 Å². The molecule has 0 aromatic heterocycles. The molecule has 0 aliphatic carbocycles. The number of rotatable bonds is 9. The number of azo groups is 1. The van der Waals surface area contributed by atoms with Crippen molar-refractivity contribution in [2.24, 2.45) is 15.3 Å². The number of hydrazone groups is 1. The summed E-state index contributed by atoms with van der Waals surface area (Å²) in [4.78, 5) is 12.4. The molecule has 0 saturated heterocycles. The van der Waals surface area contributed by atoms with E-state index in [1.165, 1.54) is 31.2 Å². The molecule has 2 N–H and O–H groups in total. The number of halogens is 2. The topological polar surface area (TPSA) is 158 Å². The van der Waals surface area contributed by atoms with Crippen LogP contribution in [0.15, 0.2) is 91.9 Å². The van der Waals surface area contributed by atoms with Gasteiger partial charge in [-0.3, -0.25) is 9.35 Å². The van der Waals surface area contributed by atoms with E-state index in [-0.39, 0.29) is 38.6 Å². The van der Waals surface area contributed by atoms with Crippen LogP contribution in [-0.4, -0.2) is 45.6 Å². The Morgan fingerprint density at radius 3 is 2.41 bits per heavy atom. The molecule has 0 radical (unpaired) electrons. The summed E-state index contributed by atoms with van der Waals surface area (Å²) in [6, 6.07) is 16.1. The molecule has 1 heterocycles. The highest BCUT2D eigenvalue weighted by Gasteiger charge is 2.36. The van der Waals surface area contributed by atoms with Gasteiger partial charge in [0.15, 0.2) is 6.04 Å². The Hall–Kier alpha value is -3.20. The maximum atomic E-state index is 13.0. The molecule has 0 saturated carbocycles. The van der Waals surface area contributed by atoms with Gasteiger partial charge in [0, 0.05) is 6.54 Å². The molecule has 1 aliphatic heterocycles. The van der Waals surface area contributed by atoms with E-state index >= 15 is 0 Å². The normalized spacial score (nSPS) is 16.2. The zero-order valence-corrected chi connectivity index (χ0v) is 23.3. The van der Waals surface area contributed by atoms with Gasteiger partial charge in [-0.05, 0) is 49.2 Å². The second-order valence-electron chi connectivity index (χ2n) is 8.35. The smallest absolute Gasteiger partial charge is 0.282 e. The number of hydrogen-bond donors (Lipinski definition) is 2. The molecule has 4 rings (SSSR count). The molecule has 15 heteroatoms. The Bertz CT molecular complexity index is 1700. The van der Waals surface area contributed by atoms with Crippen LogP contribution >= 0.6 is 23.2 Å². The van der Waals surface area contributed by atoms with Crippen molar-refractivity contribution < 1.29 is 26.2 Å². The van der Waals surface area contributed by atoms with E-state index in [0.717, 1.165) is 22.7 Å². The molecule has 1 aliphatic rings. The predicted molar refractivity (Wildman–Crippen MR) is 147 cm³/mol. The summed E-state index contributed by atoms with van der Waals surface area (Å²) in [6.07, 6.45) is 0.520. The monoisotopic (exact) mass is 609 g/mol. The molecule has 1 atom stereocenters. The number of sulfonamides is 1. The summed E-state index contributed by atoms with van der Waals surface area (Å²) in [5.74, 6) is -0.653. The standard InChI is InChI=1S/C24H21Cl2N5O6S2/c1-15-23(24(32)31(30-15)21-13-20(26)22(14-19(21)25)39(35,36)37)29-28-17-8-5-9-18(12-17)38(33,34)27-11-10-16-6-3-2-4-7-16/h2-9,12-14,23,27H,10-11H2,1H3,(H,35,36,37)/t23-/m0/s1. The molecule has 3 aromatic carbocycles. The van der Waals surface area contributed by atoms with E-state index in [2.05, 4.69) is 20.1 Å². The largest absolute Gasteiger partial charge is 0.296 e. The first-order valence-electron chi connectivity index (χ1n) is 11.3. The van der Waals surface area contributed by atoms with Gasteiger partial charge in [0.05, 0.1) is 32.0 Å². The van der Waals surface area contributed by atoms with Crippen molar-refractivity contribution in [3.05, 3.63) is 82.3 Å². The van der Waals surface area contributed by atoms with Gasteiger partial charge in [0.2, 0.25) is 10.0 Å². The minimum atomic E-state index is -4.64. The number of anilines is 1. The molecular formula is C24H21Cl2N5O6S2. The summed E-state index contributed by atoms with van der Waals surface area (Å²) < 4.78 is 60.2. The SMILES string of the molecule is CC1=NN(c2cc(Cl)c(S(=O)(=O)O)cc2Cl)C(=O)[C@H]1N=Nc1cccc(S(=O)(=O)NCCc2ccccc2)c1. The zero-order chi connectivity index (χ0) is 28.4. The first-order valence-corrected chi connectivity index (χ1v) is 14.9. The van der Waals surface area contributed by atoms with Crippen molar-refractivity contribution in [1.82, 2.24) is 4.72 Å². The first-order chi connectivity index (χ1) is 18.4. The highest BCUT2D eigenvalue weighted by atomic mass is 35.5. The van der Waals surface area contributed by atoms with Crippen LogP contribution in [0, 0.1) is 0 Å². The molecule has 204 valence electrons. The van der Waals surface area contributed by atoms with Gasteiger partial charge in [0.1, 0.15) is 4.90 Å². The lowest BCUT2D eigenvalue weighted by Crippen LogP contribution is -2.30. The molecule has 3 aromatic rings. The second kappa shape index (κ2) is 11.5. The summed E-state index contributed by atoms with van der Waals surface area (Å²) >= 11 is 12.1. The highest BCUT2D eigenvalue weighted by molar-refractivity contribution is 7.89. The van der Waals surface area contributed by atoms with Crippen LogP contribution in [0.4, 0.5) is 11.4 Å². The van der Waals surface area contributed by atoms with Crippen LogP contribution in [0.25, 0.3) is 0 Å². The average Bonchev–Trinajstić information content (AvgIpc) is 3.16. The number of benzene rings is 3. The summed E-state index contributed by atoms with van der Waals surface area (Å²) in [7, 11) is -8.46. The molecule has 0 fully saturated rings. The predicted octanol–water partition coefficient (Wildman–Crippen LogP) is 4.64. The lowest BCUT2D eigenvalue weighted by molar-refractivity contribution is -0.117. The Morgan fingerprint density at radius 2 is 1.72 bits per heavy atom. The minimum Gasteiger partial charge on any atom is -0.282 e. The third kappa shape index (κ3) is 6.69. The molecule has 1 amide bonds. The van der Waals surface area contributed by atoms with Crippen molar-refractivity contribution in [2.75, 3.05) is 11.6 Å². The van der Waals surface area contributed by atoms with Gasteiger partial charge >= 0.3 is 0 Å². The van der Waals surface area contributed by atoms with E-state index in [1.54, 1.807) is 0 Å². The van der Waals surface area contributed by atoms with Crippen LogP contribution < -0.4 is 9.73 Å². The second-order valence-corrected chi connectivity index (χ2v) is 12.3. The number of nitrogens with zero attached hydrogens (tertiary/aromatic N) is 4. The van der Waals surface area contributed by atoms with Crippen LogP contribution in [0.2, 0.25) is 10.0 Å². The number of carbonyl (C=O) groups is 1. The average molecular weight is 611 g/mol. The Morgan fingerprint density at radius 1 is 1.00 bits per heavy atom. The maximum Gasteiger partial charge on any atom is 0.296 e. The number of nitrogens with one attached hydrogen (secondary N) is 1. The van der Waals surface area contributed by atoms with E-state index in [1.807, 2.05) is 30.3 Å². The van der Waals surface area contributed by atoms with Gasteiger partial charge in [0.25, 0.3) is 16.0 Å².